The molecule has 8 heteroatoms. The average molecular weight is 299 g/mol. The predicted octanol–water partition coefficient (Wildman–Crippen LogP) is 2.06. The Hall–Kier alpha value is -1.93. The van der Waals surface area contributed by atoms with Crippen LogP contribution in [0.4, 0.5) is 13.2 Å². The van der Waals surface area contributed by atoms with E-state index in [4.69, 9.17) is 5.84 Å². The van der Waals surface area contributed by atoms with Crippen molar-refractivity contribution in [2.24, 2.45) is 5.84 Å². The van der Waals surface area contributed by atoms with Crippen molar-refractivity contribution >= 4 is 0 Å². The Balaban J connectivity index is 2.13. The number of nitrogens with two attached hydrogens (primary N) is 1. The maximum absolute atomic E-state index is 12.5. The third kappa shape index (κ3) is 3.79. The molecule has 2 rings (SSSR count). The first kappa shape index (κ1) is 15.5. The van der Waals surface area contributed by atoms with Gasteiger partial charge in [0.15, 0.2) is 0 Å². The number of hydrogen-bond donors (Lipinski definition) is 2. The van der Waals surface area contributed by atoms with E-state index in [2.05, 4.69) is 15.5 Å². The summed E-state index contributed by atoms with van der Waals surface area (Å²) in [4.78, 5) is 3.85. The summed E-state index contributed by atoms with van der Waals surface area (Å²) >= 11 is 0. The van der Waals surface area contributed by atoms with Crippen molar-refractivity contribution in [3.8, 4) is 0 Å². The number of nitrogens with one attached hydrogen (secondary N) is 1. The Morgan fingerprint density at radius 2 is 2.10 bits per heavy atom. The fourth-order valence-electron chi connectivity index (χ4n) is 1.95. The molecule has 0 aliphatic heterocycles. The van der Waals surface area contributed by atoms with Gasteiger partial charge in [0.05, 0.1) is 23.5 Å². The van der Waals surface area contributed by atoms with Crippen LogP contribution in [0.3, 0.4) is 0 Å². The third-order valence-corrected chi connectivity index (χ3v) is 3.12. The second kappa shape index (κ2) is 6.23. The molecular formula is C13H16F3N5. The standard InChI is InChI=1S/C13H16F3N5/c1-2-21-8-9(6-19-21)5-12(20-17)11-4-3-10(7-18-11)13(14,15)16/h3-4,6-8,12,20H,2,5,17H2,1H3. The normalized spacial score (nSPS) is 13.4. The molecule has 114 valence electrons. The van der Waals surface area contributed by atoms with Crippen LogP contribution in [0.15, 0.2) is 30.7 Å². The van der Waals surface area contributed by atoms with E-state index in [9.17, 15) is 13.2 Å². The van der Waals surface area contributed by atoms with Crippen LogP contribution in [-0.4, -0.2) is 14.8 Å². The van der Waals surface area contributed by atoms with Gasteiger partial charge >= 0.3 is 6.18 Å². The van der Waals surface area contributed by atoms with E-state index in [1.807, 2.05) is 13.1 Å². The highest BCUT2D eigenvalue weighted by molar-refractivity contribution is 5.20. The van der Waals surface area contributed by atoms with Gasteiger partial charge in [0.2, 0.25) is 0 Å². The molecule has 0 amide bonds. The minimum atomic E-state index is -4.39. The first-order valence-corrected chi connectivity index (χ1v) is 6.44. The van der Waals surface area contributed by atoms with Crippen LogP contribution in [0.5, 0.6) is 0 Å². The number of hydrazine groups is 1. The van der Waals surface area contributed by atoms with Gasteiger partial charge in [0.1, 0.15) is 0 Å². The highest BCUT2D eigenvalue weighted by Gasteiger charge is 2.31. The van der Waals surface area contributed by atoms with E-state index in [1.165, 1.54) is 6.07 Å². The maximum Gasteiger partial charge on any atom is 0.417 e. The molecule has 2 aromatic rings. The molecule has 0 aromatic carbocycles. The van der Waals surface area contributed by atoms with Gasteiger partial charge in [-0.3, -0.25) is 20.9 Å². The molecule has 0 fully saturated rings. The zero-order chi connectivity index (χ0) is 15.5. The summed E-state index contributed by atoms with van der Waals surface area (Å²) in [6.07, 6.45) is 0.496. The molecule has 0 saturated carbocycles. The zero-order valence-electron chi connectivity index (χ0n) is 11.4. The second-order valence-corrected chi connectivity index (χ2v) is 4.60. The first-order valence-electron chi connectivity index (χ1n) is 6.44. The van der Waals surface area contributed by atoms with Crippen LogP contribution >= 0.6 is 0 Å². The first-order chi connectivity index (χ1) is 9.94. The number of rotatable bonds is 5. The van der Waals surface area contributed by atoms with Crippen molar-refractivity contribution in [2.75, 3.05) is 0 Å². The molecule has 2 aromatic heterocycles. The van der Waals surface area contributed by atoms with Gasteiger partial charge in [-0.15, -0.1) is 0 Å². The lowest BCUT2D eigenvalue weighted by atomic mass is 10.1. The summed E-state index contributed by atoms with van der Waals surface area (Å²) in [6.45, 7) is 2.71. The number of aryl methyl sites for hydroxylation is 1. The number of hydrogen-bond acceptors (Lipinski definition) is 4. The van der Waals surface area contributed by atoms with Crippen molar-refractivity contribution in [3.63, 3.8) is 0 Å². The van der Waals surface area contributed by atoms with Crippen molar-refractivity contribution in [3.05, 3.63) is 47.5 Å². The number of alkyl halides is 3. The van der Waals surface area contributed by atoms with Crippen LogP contribution in [0.1, 0.15) is 29.8 Å². The fraction of sp³-hybridized carbons (Fsp3) is 0.385. The fourth-order valence-corrected chi connectivity index (χ4v) is 1.95. The summed E-state index contributed by atoms with van der Waals surface area (Å²) < 4.78 is 39.3. The Kier molecular flexibility index (Phi) is 4.59. The van der Waals surface area contributed by atoms with Gasteiger partial charge in [-0.25, -0.2) is 0 Å². The number of pyridine rings is 1. The van der Waals surface area contributed by atoms with E-state index in [0.717, 1.165) is 24.4 Å². The molecule has 0 radical (unpaired) electrons. The molecule has 5 nitrogen and oxygen atoms in total. The highest BCUT2D eigenvalue weighted by atomic mass is 19.4. The smallest absolute Gasteiger partial charge is 0.273 e. The summed E-state index contributed by atoms with van der Waals surface area (Å²) in [5.41, 5.74) is 3.18. The van der Waals surface area contributed by atoms with Crippen LogP contribution in [-0.2, 0) is 19.1 Å². The molecule has 0 bridgehead atoms. The van der Waals surface area contributed by atoms with Crippen LogP contribution in [0.25, 0.3) is 0 Å². The lowest BCUT2D eigenvalue weighted by Crippen LogP contribution is -2.30. The lowest BCUT2D eigenvalue weighted by Gasteiger charge is -2.15. The lowest BCUT2D eigenvalue weighted by molar-refractivity contribution is -0.137. The monoisotopic (exact) mass is 299 g/mol. The van der Waals surface area contributed by atoms with Crippen molar-refractivity contribution in [1.82, 2.24) is 20.2 Å². The molecule has 2 heterocycles. The highest BCUT2D eigenvalue weighted by Crippen LogP contribution is 2.29. The zero-order valence-corrected chi connectivity index (χ0v) is 11.4. The number of halogens is 3. The molecule has 1 unspecified atom stereocenters. The van der Waals surface area contributed by atoms with E-state index < -0.39 is 11.7 Å². The van der Waals surface area contributed by atoms with E-state index >= 15 is 0 Å². The van der Waals surface area contributed by atoms with Crippen LogP contribution in [0, 0.1) is 0 Å². The van der Waals surface area contributed by atoms with Gasteiger partial charge in [-0.05, 0) is 31.0 Å². The van der Waals surface area contributed by atoms with Crippen molar-refractivity contribution in [1.29, 1.82) is 0 Å². The summed E-state index contributed by atoms with van der Waals surface area (Å²) in [6, 6.07) is 1.96. The quantitative estimate of drug-likeness (QED) is 0.655. The molecule has 3 N–H and O–H groups in total. The summed E-state index contributed by atoms with van der Waals surface area (Å²) in [5, 5.41) is 4.14. The van der Waals surface area contributed by atoms with Gasteiger partial charge in [-0.2, -0.15) is 18.3 Å². The average Bonchev–Trinajstić information content (AvgIpc) is 2.92. The Labute approximate surface area is 119 Å². The topological polar surface area (TPSA) is 68.8 Å². The van der Waals surface area contributed by atoms with Crippen molar-refractivity contribution in [2.45, 2.75) is 32.1 Å². The Morgan fingerprint density at radius 3 is 2.57 bits per heavy atom. The maximum atomic E-state index is 12.5. The minimum absolute atomic E-state index is 0.373. The van der Waals surface area contributed by atoms with Gasteiger partial charge < -0.3 is 0 Å². The molecule has 0 spiro atoms. The largest absolute Gasteiger partial charge is 0.417 e. The number of nitrogens with zero attached hydrogens (tertiary/aromatic N) is 3. The van der Waals surface area contributed by atoms with Gasteiger partial charge in [0.25, 0.3) is 0 Å². The molecule has 0 saturated heterocycles. The van der Waals surface area contributed by atoms with E-state index in [0.29, 0.717) is 12.1 Å². The SMILES string of the molecule is CCn1cc(CC(NN)c2ccc(C(F)(F)F)cn2)cn1. The second-order valence-electron chi connectivity index (χ2n) is 4.60. The van der Waals surface area contributed by atoms with Gasteiger partial charge in [-0.1, -0.05) is 0 Å². The molecule has 21 heavy (non-hydrogen) atoms. The Bertz CT molecular complexity index is 576. The number of aromatic nitrogens is 3. The summed E-state index contributed by atoms with van der Waals surface area (Å²) in [7, 11) is 0. The predicted molar refractivity (Wildman–Crippen MR) is 70.9 cm³/mol. The van der Waals surface area contributed by atoms with Crippen LogP contribution < -0.4 is 11.3 Å². The molecular weight excluding hydrogens is 283 g/mol. The third-order valence-electron chi connectivity index (χ3n) is 3.12. The Morgan fingerprint density at radius 1 is 1.33 bits per heavy atom. The minimum Gasteiger partial charge on any atom is -0.273 e. The molecule has 0 aliphatic rings. The van der Waals surface area contributed by atoms with Crippen molar-refractivity contribution < 1.29 is 13.2 Å². The van der Waals surface area contributed by atoms with E-state index in [1.54, 1.807) is 10.9 Å². The molecule has 1 atom stereocenters. The summed E-state index contributed by atoms with van der Waals surface area (Å²) in [5.74, 6) is 5.48. The van der Waals surface area contributed by atoms with E-state index in [-0.39, 0.29) is 6.04 Å². The van der Waals surface area contributed by atoms with Crippen LogP contribution in [0.2, 0.25) is 0 Å². The van der Waals surface area contributed by atoms with Gasteiger partial charge in [0, 0.05) is 18.9 Å². The molecule has 0 aliphatic carbocycles.